The van der Waals surface area contributed by atoms with E-state index in [2.05, 4.69) is 0 Å². The van der Waals surface area contributed by atoms with Gasteiger partial charge in [0.2, 0.25) is 5.91 Å². The van der Waals surface area contributed by atoms with E-state index in [1.54, 1.807) is 18.4 Å². The SMILES string of the molecule is CO[C@]12CC[C@@H](OCC(=O)O)C[C@H]1N(C(=O)Cc1cccs1)CC2. The molecule has 0 unspecified atom stereocenters. The Labute approximate surface area is 145 Å². The number of methoxy groups -OCH3 is 1. The molecule has 1 aliphatic carbocycles. The highest BCUT2D eigenvalue weighted by atomic mass is 32.1. The van der Waals surface area contributed by atoms with Gasteiger partial charge in [0, 0.05) is 18.5 Å². The lowest BCUT2D eigenvalue weighted by atomic mass is 9.79. The molecule has 6 nitrogen and oxygen atoms in total. The van der Waals surface area contributed by atoms with Crippen LogP contribution >= 0.6 is 11.3 Å². The lowest BCUT2D eigenvalue weighted by molar-refractivity contribution is -0.151. The van der Waals surface area contributed by atoms with Crippen molar-refractivity contribution in [2.24, 2.45) is 0 Å². The van der Waals surface area contributed by atoms with Gasteiger partial charge in [-0.25, -0.2) is 4.79 Å². The number of nitrogens with zero attached hydrogens (tertiary/aromatic N) is 1. The van der Waals surface area contributed by atoms with E-state index < -0.39 is 5.97 Å². The predicted octanol–water partition coefficient (Wildman–Crippen LogP) is 1.93. The van der Waals surface area contributed by atoms with Crippen molar-refractivity contribution >= 4 is 23.2 Å². The van der Waals surface area contributed by atoms with Gasteiger partial charge in [0.15, 0.2) is 0 Å². The monoisotopic (exact) mass is 353 g/mol. The number of ether oxygens (including phenoxy) is 2. The third-order valence-electron chi connectivity index (χ3n) is 5.21. The summed E-state index contributed by atoms with van der Waals surface area (Å²) >= 11 is 1.59. The van der Waals surface area contributed by atoms with Crippen molar-refractivity contribution in [2.45, 2.75) is 49.9 Å². The number of carboxylic acids is 1. The van der Waals surface area contributed by atoms with Crippen LogP contribution in [0.3, 0.4) is 0 Å². The van der Waals surface area contributed by atoms with Crippen LogP contribution < -0.4 is 0 Å². The number of hydrogen-bond donors (Lipinski definition) is 1. The number of hydrogen-bond acceptors (Lipinski definition) is 5. The van der Waals surface area contributed by atoms with E-state index in [1.807, 2.05) is 22.4 Å². The normalized spacial score (nSPS) is 29.5. The third kappa shape index (κ3) is 3.48. The first-order valence-electron chi connectivity index (χ1n) is 8.24. The molecule has 132 valence electrons. The Morgan fingerprint density at radius 2 is 2.29 bits per heavy atom. The summed E-state index contributed by atoms with van der Waals surface area (Å²) in [7, 11) is 1.71. The van der Waals surface area contributed by atoms with Crippen LogP contribution in [0.2, 0.25) is 0 Å². The van der Waals surface area contributed by atoms with E-state index >= 15 is 0 Å². The maximum Gasteiger partial charge on any atom is 0.329 e. The number of aliphatic carboxylic acids is 1. The van der Waals surface area contributed by atoms with Crippen LogP contribution in [0.1, 0.15) is 30.6 Å². The molecule has 0 bridgehead atoms. The number of amides is 1. The van der Waals surface area contributed by atoms with Crippen molar-refractivity contribution in [3.05, 3.63) is 22.4 Å². The van der Waals surface area contributed by atoms with E-state index in [0.29, 0.717) is 19.4 Å². The summed E-state index contributed by atoms with van der Waals surface area (Å²) in [5.74, 6) is -0.851. The van der Waals surface area contributed by atoms with Crippen LogP contribution in [0.25, 0.3) is 0 Å². The second-order valence-electron chi connectivity index (χ2n) is 6.48. The van der Waals surface area contributed by atoms with Gasteiger partial charge < -0.3 is 19.5 Å². The first-order chi connectivity index (χ1) is 11.5. The Hall–Kier alpha value is -1.44. The fraction of sp³-hybridized carbons (Fsp3) is 0.647. The third-order valence-corrected chi connectivity index (χ3v) is 6.09. The van der Waals surface area contributed by atoms with Gasteiger partial charge in [-0.2, -0.15) is 0 Å². The van der Waals surface area contributed by atoms with Crippen LogP contribution in [-0.4, -0.2) is 59.9 Å². The molecule has 1 aromatic heterocycles. The molecule has 3 atom stereocenters. The van der Waals surface area contributed by atoms with Crippen molar-refractivity contribution in [1.29, 1.82) is 0 Å². The Kier molecular flexibility index (Phi) is 5.22. The zero-order chi connectivity index (χ0) is 17.2. The van der Waals surface area contributed by atoms with Gasteiger partial charge in [-0.05, 0) is 37.1 Å². The minimum atomic E-state index is -0.962. The molecule has 2 fully saturated rings. The van der Waals surface area contributed by atoms with Gasteiger partial charge in [0.1, 0.15) is 6.61 Å². The van der Waals surface area contributed by atoms with E-state index in [1.165, 1.54) is 0 Å². The fourth-order valence-corrected chi connectivity index (χ4v) is 4.66. The van der Waals surface area contributed by atoms with Gasteiger partial charge >= 0.3 is 5.97 Å². The molecule has 24 heavy (non-hydrogen) atoms. The molecule has 1 aliphatic heterocycles. The topological polar surface area (TPSA) is 76.1 Å². The number of rotatable bonds is 6. The number of carbonyl (C=O) groups excluding carboxylic acids is 1. The smallest absolute Gasteiger partial charge is 0.329 e. The number of thiophene rings is 1. The van der Waals surface area contributed by atoms with Crippen LogP contribution in [-0.2, 0) is 25.5 Å². The highest BCUT2D eigenvalue weighted by molar-refractivity contribution is 7.10. The zero-order valence-corrected chi connectivity index (χ0v) is 14.6. The minimum absolute atomic E-state index is 0.0393. The summed E-state index contributed by atoms with van der Waals surface area (Å²) < 4.78 is 11.3. The molecule has 3 rings (SSSR count). The van der Waals surface area contributed by atoms with Crippen molar-refractivity contribution in [1.82, 2.24) is 4.90 Å². The highest BCUT2D eigenvalue weighted by Gasteiger charge is 2.52. The minimum Gasteiger partial charge on any atom is -0.480 e. The van der Waals surface area contributed by atoms with Gasteiger partial charge in [-0.15, -0.1) is 11.3 Å². The molecular weight excluding hydrogens is 330 g/mol. The van der Waals surface area contributed by atoms with Crippen LogP contribution in [0.5, 0.6) is 0 Å². The average Bonchev–Trinajstić information content (AvgIpc) is 3.20. The second kappa shape index (κ2) is 7.21. The lowest BCUT2D eigenvalue weighted by Gasteiger charge is -2.43. The largest absolute Gasteiger partial charge is 0.480 e. The molecule has 7 heteroatoms. The summed E-state index contributed by atoms with van der Waals surface area (Å²) in [6, 6.07) is 3.89. The quantitative estimate of drug-likeness (QED) is 0.846. The van der Waals surface area contributed by atoms with Crippen LogP contribution in [0, 0.1) is 0 Å². The number of likely N-dealkylation sites (tertiary alicyclic amines) is 1. The molecule has 0 aromatic carbocycles. The van der Waals surface area contributed by atoms with Gasteiger partial charge in [-0.1, -0.05) is 6.07 Å². The standard InChI is InChI=1S/C17H23NO5S/c1-22-17-5-4-12(23-11-16(20)21)9-14(17)18(7-6-17)15(19)10-13-3-2-8-24-13/h2-3,8,12,14H,4-7,9-11H2,1H3,(H,20,21)/t12-,14-,17+/m1/s1. The van der Waals surface area contributed by atoms with Gasteiger partial charge in [0.25, 0.3) is 0 Å². The molecule has 1 N–H and O–H groups in total. The Balaban J connectivity index is 1.69. The van der Waals surface area contributed by atoms with E-state index in [4.69, 9.17) is 14.6 Å². The number of carboxylic acid groups (broad SMARTS) is 1. The lowest BCUT2D eigenvalue weighted by Crippen LogP contribution is -2.53. The van der Waals surface area contributed by atoms with E-state index in [9.17, 15) is 9.59 Å². The fourth-order valence-electron chi connectivity index (χ4n) is 3.96. The maximum absolute atomic E-state index is 12.7. The van der Waals surface area contributed by atoms with Gasteiger partial charge in [0.05, 0.1) is 24.2 Å². The Morgan fingerprint density at radius 1 is 1.46 bits per heavy atom. The summed E-state index contributed by atoms with van der Waals surface area (Å²) in [5.41, 5.74) is -0.311. The molecule has 1 amide bonds. The zero-order valence-electron chi connectivity index (χ0n) is 13.8. The van der Waals surface area contributed by atoms with Crippen molar-refractivity contribution < 1.29 is 24.2 Å². The van der Waals surface area contributed by atoms with Gasteiger partial charge in [-0.3, -0.25) is 4.79 Å². The summed E-state index contributed by atoms with van der Waals surface area (Å²) in [4.78, 5) is 26.4. The molecule has 0 radical (unpaired) electrons. The van der Waals surface area contributed by atoms with Crippen molar-refractivity contribution in [2.75, 3.05) is 20.3 Å². The summed E-state index contributed by atoms with van der Waals surface area (Å²) in [6.07, 6.45) is 3.30. The Morgan fingerprint density at radius 3 is 2.96 bits per heavy atom. The maximum atomic E-state index is 12.7. The molecule has 2 aliphatic rings. The highest BCUT2D eigenvalue weighted by Crippen LogP contribution is 2.43. The number of carbonyl (C=O) groups is 2. The molecule has 1 aromatic rings. The number of fused-ring (bicyclic) bond motifs is 1. The van der Waals surface area contributed by atoms with E-state index in [-0.39, 0.29) is 30.3 Å². The average molecular weight is 353 g/mol. The molecular formula is C17H23NO5S. The Bertz CT molecular complexity index is 590. The van der Waals surface area contributed by atoms with Crippen LogP contribution in [0.15, 0.2) is 17.5 Å². The van der Waals surface area contributed by atoms with E-state index in [0.717, 1.165) is 24.1 Å². The second-order valence-corrected chi connectivity index (χ2v) is 7.51. The summed E-state index contributed by atoms with van der Waals surface area (Å²) in [5, 5.41) is 10.8. The molecule has 1 saturated heterocycles. The molecule has 2 heterocycles. The van der Waals surface area contributed by atoms with Crippen molar-refractivity contribution in [3.63, 3.8) is 0 Å². The first kappa shape index (κ1) is 17.4. The predicted molar refractivity (Wildman–Crippen MR) is 89.1 cm³/mol. The molecule has 0 spiro atoms. The summed E-state index contributed by atoms with van der Waals surface area (Å²) in [6.45, 7) is 0.398. The molecule has 1 saturated carbocycles. The first-order valence-corrected chi connectivity index (χ1v) is 9.12. The van der Waals surface area contributed by atoms with Crippen molar-refractivity contribution in [3.8, 4) is 0 Å². The van der Waals surface area contributed by atoms with Crippen LogP contribution in [0.4, 0.5) is 0 Å².